The maximum atomic E-state index is 5.51. The number of rotatable bonds is 6. The van der Waals surface area contributed by atoms with E-state index in [1.165, 1.54) is 12.0 Å². The quantitative estimate of drug-likeness (QED) is 0.671. The standard InChI is InChI=1S/C20H26N6O/c1-24-19(14-26-11-9-21-15-26)22-23-20(24)17-7-5-10-25(13-17)12-16-6-3-4-8-18(16)27-2/h3-4,6,8-9,11,15,17H,5,7,10,12-14H2,1-2H3/t17-/m1/s1. The van der Waals surface area contributed by atoms with Crippen LogP contribution in [0.5, 0.6) is 5.75 Å². The Morgan fingerprint density at radius 1 is 1.19 bits per heavy atom. The Kier molecular flexibility index (Phi) is 5.20. The van der Waals surface area contributed by atoms with E-state index in [-0.39, 0.29) is 0 Å². The molecular weight excluding hydrogens is 340 g/mol. The maximum absolute atomic E-state index is 5.51. The molecule has 0 spiro atoms. The Bertz CT molecular complexity index is 872. The highest BCUT2D eigenvalue weighted by molar-refractivity contribution is 5.33. The van der Waals surface area contributed by atoms with E-state index in [4.69, 9.17) is 4.74 Å². The summed E-state index contributed by atoms with van der Waals surface area (Å²) in [6, 6.07) is 8.27. The number of hydrogen-bond acceptors (Lipinski definition) is 5. The lowest BCUT2D eigenvalue weighted by molar-refractivity contribution is 0.193. The Labute approximate surface area is 159 Å². The Balaban J connectivity index is 1.46. The minimum Gasteiger partial charge on any atom is -0.496 e. The Morgan fingerprint density at radius 2 is 2.07 bits per heavy atom. The van der Waals surface area contributed by atoms with Crippen molar-refractivity contribution in [2.75, 3.05) is 20.2 Å². The minimum atomic E-state index is 0.405. The molecule has 1 atom stereocenters. The molecule has 1 aromatic carbocycles. The van der Waals surface area contributed by atoms with Crippen LogP contribution < -0.4 is 4.74 Å². The van der Waals surface area contributed by atoms with Crippen LogP contribution in [0.1, 0.15) is 36.0 Å². The maximum Gasteiger partial charge on any atom is 0.152 e. The van der Waals surface area contributed by atoms with Gasteiger partial charge in [-0.05, 0) is 25.5 Å². The molecule has 3 aromatic rings. The topological polar surface area (TPSA) is 61.0 Å². The van der Waals surface area contributed by atoms with Crippen LogP contribution in [0.15, 0.2) is 43.0 Å². The first kappa shape index (κ1) is 17.7. The second-order valence-electron chi connectivity index (χ2n) is 7.15. The normalized spacial score (nSPS) is 17.9. The average Bonchev–Trinajstić information content (AvgIpc) is 3.33. The highest BCUT2D eigenvalue weighted by Gasteiger charge is 2.26. The van der Waals surface area contributed by atoms with Crippen LogP contribution >= 0.6 is 0 Å². The number of benzene rings is 1. The Morgan fingerprint density at radius 3 is 2.89 bits per heavy atom. The lowest BCUT2D eigenvalue weighted by Crippen LogP contribution is -2.35. The van der Waals surface area contributed by atoms with Gasteiger partial charge in [0.1, 0.15) is 11.6 Å². The molecule has 7 nitrogen and oxygen atoms in total. The molecule has 0 unspecified atom stereocenters. The van der Waals surface area contributed by atoms with Gasteiger partial charge in [-0.2, -0.15) is 0 Å². The molecule has 1 aliphatic rings. The van der Waals surface area contributed by atoms with Crippen molar-refractivity contribution in [1.82, 2.24) is 29.2 Å². The van der Waals surface area contributed by atoms with Gasteiger partial charge in [-0.1, -0.05) is 18.2 Å². The van der Waals surface area contributed by atoms with Crippen LogP contribution in [-0.2, 0) is 20.1 Å². The SMILES string of the molecule is COc1ccccc1CN1CCC[C@@H](c2nnc(Cn3ccnc3)n2C)C1. The number of likely N-dealkylation sites (tertiary alicyclic amines) is 1. The molecule has 1 saturated heterocycles. The first-order chi connectivity index (χ1) is 13.2. The lowest BCUT2D eigenvalue weighted by Gasteiger charge is -2.32. The number of ether oxygens (including phenoxy) is 1. The Hall–Kier alpha value is -2.67. The van der Waals surface area contributed by atoms with Gasteiger partial charge in [-0.15, -0.1) is 10.2 Å². The highest BCUT2D eigenvalue weighted by Crippen LogP contribution is 2.28. The third-order valence-electron chi connectivity index (χ3n) is 5.34. The van der Waals surface area contributed by atoms with Gasteiger partial charge in [-0.25, -0.2) is 4.98 Å². The van der Waals surface area contributed by atoms with E-state index in [9.17, 15) is 0 Å². The van der Waals surface area contributed by atoms with Crippen LogP contribution in [0.4, 0.5) is 0 Å². The zero-order valence-corrected chi connectivity index (χ0v) is 16.0. The first-order valence-corrected chi connectivity index (χ1v) is 9.42. The summed E-state index contributed by atoms with van der Waals surface area (Å²) in [5.74, 6) is 3.41. The number of imidazole rings is 1. The molecule has 1 fully saturated rings. The molecule has 7 heteroatoms. The van der Waals surface area contributed by atoms with E-state index in [2.05, 4.69) is 43.8 Å². The fourth-order valence-electron chi connectivity index (χ4n) is 3.90. The van der Waals surface area contributed by atoms with E-state index in [0.29, 0.717) is 12.5 Å². The van der Waals surface area contributed by atoms with E-state index in [1.807, 2.05) is 29.2 Å². The number of methoxy groups -OCH3 is 1. The van der Waals surface area contributed by atoms with Gasteiger partial charge in [0.05, 0.1) is 20.0 Å². The van der Waals surface area contributed by atoms with Crippen LogP contribution in [0.3, 0.4) is 0 Å². The minimum absolute atomic E-state index is 0.405. The first-order valence-electron chi connectivity index (χ1n) is 9.42. The zero-order valence-electron chi connectivity index (χ0n) is 16.0. The largest absolute Gasteiger partial charge is 0.496 e. The van der Waals surface area contributed by atoms with Crippen molar-refractivity contribution in [2.45, 2.75) is 31.8 Å². The van der Waals surface area contributed by atoms with Crippen LogP contribution in [-0.4, -0.2) is 49.4 Å². The summed E-state index contributed by atoms with van der Waals surface area (Å²) < 4.78 is 9.68. The molecule has 0 bridgehead atoms. The van der Waals surface area contributed by atoms with Gasteiger partial charge >= 0.3 is 0 Å². The van der Waals surface area contributed by atoms with E-state index in [1.54, 1.807) is 13.3 Å². The summed E-state index contributed by atoms with van der Waals surface area (Å²) in [5.41, 5.74) is 1.24. The van der Waals surface area contributed by atoms with Gasteiger partial charge in [0.15, 0.2) is 5.82 Å². The van der Waals surface area contributed by atoms with Crippen LogP contribution in [0, 0.1) is 0 Å². The van der Waals surface area contributed by atoms with Gasteiger partial charge in [-0.3, -0.25) is 4.90 Å². The van der Waals surface area contributed by atoms with Gasteiger partial charge in [0.25, 0.3) is 0 Å². The zero-order chi connectivity index (χ0) is 18.6. The van der Waals surface area contributed by atoms with Crippen molar-refractivity contribution in [3.63, 3.8) is 0 Å². The second kappa shape index (κ2) is 7.92. The van der Waals surface area contributed by atoms with Crippen LogP contribution in [0.25, 0.3) is 0 Å². The molecule has 0 N–H and O–H groups in total. The molecule has 0 aliphatic carbocycles. The number of para-hydroxylation sites is 1. The molecular formula is C20H26N6O. The van der Waals surface area contributed by atoms with Crippen molar-refractivity contribution < 1.29 is 4.74 Å². The monoisotopic (exact) mass is 366 g/mol. The molecule has 2 aromatic heterocycles. The predicted molar refractivity (Wildman–Crippen MR) is 103 cm³/mol. The second-order valence-corrected chi connectivity index (χ2v) is 7.15. The van der Waals surface area contributed by atoms with Crippen molar-refractivity contribution in [3.8, 4) is 5.75 Å². The predicted octanol–water partition coefficient (Wildman–Crippen LogP) is 2.45. The molecule has 3 heterocycles. The molecule has 0 radical (unpaired) electrons. The molecule has 27 heavy (non-hydrogen) atoms. The number of hydrogen-bond donors (Lipinski definition) is 0. The van der Waals surface area contributed by atoms with E-state index >= 15 is 0 Å². The third-order valence-corrected chi connectivity index (χ3v) is 5.34. The fraction of sp³-hybridized carbons (Fsp3) is 0.450. The van der Waals surface area contributed by atoms with E-state index < -0.39 is 0 Å². The van der Waals surface area contributed by atoms with Crippen molar-refractivity contribution in [1.29, 1.82) is 0 Å². The summed E-state index contributed by atoms with van der Waals surface area (Å²) in [4.78, 5) is 6.59. The van der Waals surface area contributed by atoms with Crippen molar-refractivity contribution >= 4 is 0 Å². The number of nitrogens with zero attached hydrogens (tertiary/aromatic N) is 6. The molecule has 0 saturated carbocycles. The van der Waals surface area contributed by atoms with E-state index in [0.717, 1.165) is 43.5 Å². The average molecular weight is 366 g/mol. The number of aromatic nitrogens is 5. The summed E-state index contributed by atoms with van der Waals surface area (Å²) >= 11 is 0. The fourth-order valence-corrected chi connectivity index (χ4v) is 3.90. The molecule has 1 aliphatic heterocycles. The van der Waals surface area contributed by atoms with Crippen molar-refractivity contribution in [2.24, 2.45) is 7.05 Å². The number of piperidine rings is 1. The van der Waals surface area contributed by atoms with Crippen molar-refractivity contribution in [3.05, 3.63) is 60.2 Å². The summed E-state index contributed by atoms with van der Waals surface area (Å²) in [6.07, 6.45) is 7.87. The summed E-state index contributed by atoms with van der Waals surface area (Å²) in [7, 11) is 3.81. The van der Waals surface area contributed by atoms with Gasteiger partial charge < -0.3 is 13.9 Å². The highest BCUT2D eigenvalue weighted by atomic mass is 16.5. The smallest absolute Gasteiger partial charge is 0.152 e. The van der Waals surface area contributed by atoms with Gasteiger partial charge in [0, 0.05) is 44.0 Å². The molecule has 142 valence electrons. The van der Waals surface area contributed by atoms with Gasteiger partial charge in [0.2, 0.25) is 0 Å². The molecule has 4 rings (SSSR count). The summed E-state index contributed by atoms with van der Waals surface area (Å²) in [5, 5.41) is 8.95. The lowest BCUT2D eigenvalue weighted by atomic mass is 9.96. The third kappa shape index (κ3) is 3.88. The summed E-state index contributed by atoms with van der Waals surface area (Å²) in [6.45, 7) is 3.70. The van der Waals surface area contributed by atoms with Crippen LogP contribution in [0.2, 0.25) is 0 Å². The molecule has 0 amide bonds.